The van der Waals surface area contributed by atoms with Crippen LogP contribution in [0.25, 0.3) is 0 Å². The lowest BCUT2D eigenvalue weighted by Crippen LogP contribution is -2.37. The zero-order chi connectivity index (χ0) is 15.3. The van der Waals surface area contributed by atoms with Gasteiger partial charge >= 0.3 is 0 Å². The van der Waals surface area contributed by atoms with Crippen molar-refractivity contribution in [3.63, 3.8) is 0 Å². The second kappa shape index (κ2) is 7.12. The number of hydrogen-bond donors (Lipinski definition) is 3. The van der Waals surface area contributed by atoms with Gasteiger partial charge in [-0.1, -0.05) is 30.1 Å². The van der Waals surface area contributed by atoms with Crippen LogP contribution in [0.15, 0.2) is 17.0 Å². The first-order valence-electron chi connectivity index (χ1n) is 5.78. The third-order valence-electron chi connectivity index (χ3n) is 2.30. The molecular formula is C11H15Cl2N3O3S. The summed E-state index contributed by atoms with van der Waals surface area (Å²) in [5.74, 6) is -0.431. The minimum absolute atomic E-state index is 0.0797. The number of anilines is 1. The third-order valence-corrected chi connectivity index (χ3v) is 4.45. The summed E-state index contributed by atoms with van der Waals surface area (Å²) in [6.45, 7) is 1.98. The number of amides is 1. The fourth-order valence-electron chi connectivity index (χ4n) is 1.42. The van der Waals surface area contributed by atoms with E-state index in [0.29, 0.717) is 6.54 Å². The molecule has 6 nitrogen and oxygen atoms in total. The van der Waals surface area contributed by atoms with Gasteiger partial charge in [0.25, 0.3) is 0 Å². The number of halogens is 2. The molecule has 0 saturated carbocycles. The van der Waals surface area contributed by atoms with Crippen LogP contribution in [0.4, 0.5) is 5.69 Å². The fourth-order valence-corrected chi connectivity index (χ4v) is 3.39. The monoisotopic (exact) mass is 339 g/mol. The molecule has 1 aromatic carbocycles. The van der Waals surface area contributed by atoms with Crippen molar-refractivity contribution in [2.24, 2.45) is 0 Å². The van der Waals surface area contributed by atoms with Crippen molar-refractivity contribution in [3.05, 3.63) is 22.2 Å². The van der Waals surface area contributed by atoms with Crippen LogP contribution in [0.2, 0.25) is 10.0 Å². The van der Waals surface area contributed by atoms with Crippen molar-refractivity contribution < 1.29 is 13.2 Å². The molecule has 20 heavy (non-hydrogen) atoms. The number of rotatable bonds is 6. The van der Waals surface area contributed by atoms with Crippen LogP contribution in [-0.2, 0) is 14.8 Å². The standard InChI is InChI=1S/C11H15Cl2N3O3S/c1-2-3-15-10(17)6-16-20(18,19)11-8(13)4-7(12)5-9(11)14/h4-5,16H,2-3,6,14H2,1H3,(H,15,17). The van der Waals surface area contributed by atoms with Gasteiger partial charge in [-0.15, -0.1) is 0 Å². The summed E-state index contributed by atoms with van der Waals surface area (Å²) < 4.78 is 26.3. The Bertz CT molecular complexity index is 582. The Morgan fingerprint density at radius 1 is 1.35 bits per heavy atom. The Kier molecular flexibility index (Phi) is 6.07. The van der Waals surface area contributed by atoms with E-state index < -0.39 is 15.9 Å². The van der Waals surface area contributed by atoms with E-state index in [2.05, 4.69) is 10.0 Å². The molecule has 112 valence electrons. The molecule has 0 aliphatic rings. The largest absolute Gasteiger partial charge is 0.398 e. The van der Waals surface area contributed by atoms with E-state index in [4.69, 9.17) is 28.9 Å². The van der Waals surface area contributed by atoms with Crippen molar-refractivity contribution in [3.8, 4) is 0 Å². The van der Waals surface area contributed by atoms with Gasteiger partial charge in [-0.05, 0) is 18.6 Å². The summed E-state index contributed by atoms with van der Waals surface area (Å²) in [4.78, 5) is 11.1. The number of nitrogen functional groups attached to an aromatic ring is 1. The molecule has 1 amide bonds. The minimum atomic E-state index is -3.98. The van der Waals surface area contributed by atoms with E-state index in [-0.39, 0.29) is 27.2 Å². The average molecular weight is 340 g/mol. The van der Waals surface area contributed by atoms with Crippen molar-refractivity contribution in [1.82, 2.24) is 10.0 Å². The molecule has 0 unspecified atom stereocenters. The van der Waals surface area contributed by atoms with E-state index in [0.717, 1.165) is 6.42 Å². The maximum absolute atomic E-state index is 12.1. The number of hydrogen-bond acceptors (Lipinski definition) is 4. The molecule has 0 bridgehead atoms. The molecule has 0 heterocycles. The van der Waals surface area contributed by atoms with Gasteiger partial charge in [0.1, 0.15) is 4.90 Å². The second-order valence-electron chi connectivity index (χ2n) is 3.98. The summed E-state index contributed by atoms with van der Waals surface area (Å²) in [6.07, 6.45) is 0.758. The molecule has 0 saturated heterocycles. The van der Waals surface area contributed by atoms with Crippen molar-refractivity contribution in [1.29, 1.82) is 0 Å². The van der Waals surface area contributed by atoms with Gasteiger partial charge < -0.3 is 11.1 Å². The number of benzene rings is 1. The van der Waals surface area contributed by atoms with Crippen LogP contribution in [0.1, 0.15) is 13.3 Å². The topological polar surface area (TPSA) is 101 Å². The lowest BCUT2D eigenvalue weighted by Gasteiger charge is -2.11. The smallest absolute Gasteiger partial charge is 0.244 e. The van der Waals surface area contributed by atoms with Crippen LogP contribution in [0, 0.1) is 0 Å². The lowest BCUT2D eigenvalue weighted by atomic mass is 10.3. The quantitative estimate of drug-likeness (QED) is 0.681. The first-order chi connectivity index (χ1) is 9.27. The molecule has 0 fully saturated rings. The molecule has 9 heteroatoms. The van der Waals surface area contributed by atoms with Crippen LogP contribution in [0.5, 0.6) is 0 Å². The zero-order valence-corrected chi connectivity index (χ0v) is 13.1. The third kappa shape index (κ3) is 4.52. The summed E-state index contributed by atoms with van der Waals surface area (Å²) in [7, 11) is -3.98. The second-order valence-corrected chi connectivity index (χ2v) is 6.53. The van der Waals surface area contributed by atoms with Crippen molar-refractivity contribution >= 4 is 44.8 Å². The molecule has 0 atom stereocenters. The van der Waals surface area contributed by atoms with Gasteiger partial charge in [0, 0.05) is 11.6 Å². The highest BCUT2D eigenvalue weighted by molar-refractivity contribution is 7.89. The first-order valence-corrected chi connectivity index (χ1v) is 8.02. The summed E-state index contributed by atoms with van der Waals surface area (Å²) in [5, 5.41) is 2.67. The SMILES string of the molecule is CCCNC(=O)CNS(=O)(=O)c1c(N)cc(Cl)cc1Cl. The Hall–Kier alpha value is -1.02. The highest BCUT2D eigenvalue weighted by Crippen LogP contribution is 2.30. The van der Waals surface area contributed by atoms with E-state index in [1.54, 1.807) is 0 Å². The highest BCUT2D eigenvalue weighted by Gasteiger charge is 2.22. The molecule has 4 N–H and O–H groups in total. The average Bonchev–Trinajstić information content (AvgIpc) is 2.32. The predicted octanol–water partition coefficient (Wildman–Crippen LogP) is 1.38. The van der Waals surface area contributed by atoms with Gasteiger partial charge in [-0.25, -0.2) is 13.1 Å². The molecular weight excluding hydrogens is 325 g/mol. The Labute approximate surface area is 127 Å². The summed E-state index contributed by atoms with van der Waals surface area (Å²) >= 11 is 11.5. The molecule has 0 radical (unpaired) electrons. The molecule has 0 aliphatic carbocycles. The Balaban J connectivity index is 2.87. The highest BCUT2D eigenvalue weighted by atomic mass is 35.5. The van der Waals surface area contributed by atoms with E-state index in [9.17, 15) is 13.2 Å². The normalized spacial score (nSPS) is 11.3. The number of sulfonamides is 1. The zero-order valence-electron chi connectivity index (χ0n) is 10.7. The number of carbonyl (C=O) groups is 1. The fraction of sp³-hybridized carbons (Fsp3) is 0.364. The first kappa shape index (κ1) is 17.0. The summed E-state index contributed by atoms with van der Waals surface area (Å²) in [6, 6.07) is 2.55. The van der Waals surface area contributed by atoms with Crippen LogP contribution in [0.3, 0.4) is 0 Å². The van der Waals surface area contributed by atoms with Crippen molar-refractivity contribution in [2.75, 3.05) is 18.8 Å². The van der Waals surface area contributed by atoms with Crippen LogP contribution >= 0.6 is 23.2 Å². The van der Waals surface area contributed by atoms with E-state index >= 15 is 0 Å². The Morgan fingerprint density at radius 2 is 2.00 bits per heavy atom. The molecule has 0 aliphatic heterocycles. The Morgan fingerprint density at radius 3 is 2.55 bits per heavy atom. The predicted molar refractivity (Wildman–Crippen MR) is 79.4 cm³/mol. The van der Waals surface area contributed by atoms with Gasteiger partial charge in [0.2, 0.25) is 15.9 Å². The number of carbonyl (C=O) groups excluding carboxylic acids is 1. The van der Waals surface area contributed by atoms with E-state index in [1.165, 1.54) is 12.1 Å². The van der Waals surface area contributed by atoms with Crippen LogP contribution in [-0.4, -0.2) is 27.4 Å². The van der Waals surface area contributed by atoms with Gasteiger partial charge in [0.15, 0.2) is 0 Å². The van der Waals surface area contributed by atoms with Gasteiger partial charge in [-0.2, -0.15) is 0 Å². The molecule has 1 aromatic rings. The number of nitrogens with one attached hydrogen (secondary N) is 2. The number of nitrogens with two attached hydrogens (primary N) is 1. The molecule has 0 aromatic heterocycles. The van der Waals surface area contributed by atoms with Gasteiger partial charge in [0.05, 0.1) is 17.3 Å². The van der Waals surface area contributed by atoms with Crippen LogP contribution < -0.4 is 15.8 Å². The van der Waals surface area contributed by atoms with E-state index in [1.807, 2.05) is 6.92 Å². The summed E-state index contributed by atoms with van der Waals surface area (Å²) in [5.41, 5.74) is 5.53. The van der Waals surface area contributed by atoms with Gasteiger partial charge in [-0.3, -0.25) is 4.79 Å². The maximum atomic E-state index is 12.1. The lowest BCUT2D eigenvalue weighted by molar-refractivity contribution is -0.119. The maximum Gasteiger partial charge on any atom is 0.244 e. The van der Waals surface area contributed by atoms with Crippen molar-refractivity contribution in [2.45, 2.75) is 18.2 Å². The minimum Gasteiger partial charge on any atom is -0.398 e. The molecule has 0 spiro atoms. The molecule has 1 rings (SSSR count).